The third kappa shape index (κ3) is 5.68. The van der Waals surface area contributed by atoms with Gasteiger partial charge < -0.3 is 4.57 Å². The topological polar surface area (TPSA) is 68.5 Å². The van der Waals surface area contributed by atoms with Gasteiger partial charge in [-0.2, -0.15) is 4.99 Å². The van der Waals surface area contributed by atoms with Crippen LogP contribution in [0.5, 0.6) is 0 Å². The van der Waals surface area contributed by atoms with Crippen molar-refractivity contribution >= 4 is 49.1 Å². The van der Waals surface area contributed by atoms with Crippen molar-refractivity contribution in [1.29, 1.82) is 0 Å². The van der Waals surface area contributed by atoms with Crippen molar-refractivity contribution < 1.29 is 13.2 Å². The Balaban J connectivity index is 1.80. The maximum absolute atomic E-state index is 12.4. The van der Waals surface area contributed by atoms with E-state index < -0.39 is 15.7 Å². The van der Waals surface area contributed by atoms with Crippen LogP contribution in [0, 0.1) is 0 Å². The third-order valence-corrected chi connectivity index (χ3v) is 7.64. The molecule has 0 unspecified atom stereocenters. The van der Waals surface area contributed by atoms with E-state index in [1.807, 2.05) is 29.0 Å². The zero-order valence-corrected chi connectivity index (χ0v) is 18.5. The number of hydrogen-bond donors (Lipinski definition) is 0. The number of hydrogen-bond acceptors (Lipinski definition) is 5. The molecule has 0 saturated heterocycles. The van der Waals surface area contributed by atoms with Crippen molar-refractivity contribution in [3.8, 4) is 0 Å². The number of thiazole rings is 1. The van der Waals surface area contributed by atoms with Gasteiger partial charge >= 0.3 is 0 Å². The van der Waals surface area contributed by atoms with Gasteiger partial charge in [0.25, 0.3) is 0 Å². The first-order chi connectivity index (χ1) is 13.9. The summed E-state index contributed by atoms with van der Waals surface area (Å²) in [5, 5.41) is 0. The number of nitrogens with zero attached hydrogens (tertiary/aromatic N) is 2. The standard InChI is InChI=1S/C21H22N2O3S3/c1-3-12-23-18-10-9-17(27-2)14-19(18)28-21(23)22-20(24)11-13-29(25,26)15-16-7-5-4-6-8-16/h3-10,14H,1,11-13,15H2,2H3. The zero-order valence-electron chi connectivity index (χ0n) is 16.1. The smallest absolute Gasteiger partial charge is 0.249 e. The SMILES string of the molecule is C=CCn1c(=NC(=O)CCS(=O)(=O)Cc2ccccc2)sc2cc(SC)ccc21. The van der Waals surface area contributed by atoms with Gasteiger partial charge in [-0.05, 0) is 30.0 Å². The van der Waals surface area contributed by atoms with Crippen molar-refractivity contribution in [1.82, 2.24) is 4.57 Å². The molecule has 0 spiro atoms. The summed E-state index contributed by atoms with van der Waals surface area (Å²) in [6, 6.07) is 15.1. The van der Waals surface area contributed by atoms with Crippen LogP contribution in [0.15, 0.2) is 71.1 Å². The molecule has 1 aromatic heterocycles. The van der Waals surface area contributed by atoms with Gasteiger partial charge in [-0.1, -0.05) is 47.7 Å². The fourth-order valence-electron chi connectivity index (χ4n) is 2.88. The lowest BCUT2D eigenvalue weighted by Crippen LogP contribution is -2.18. The Morgan fingerprint density at radius 2 is 2.00 bits per heavy atom. The van der Waals surface area contributed by atoms with E-state index in [0.29, 0.717) is 11.3 Å². The maximum atomic E-state index is 12.4. The first-order valence-electron chi connectivity index (χ1n) is 9.02. The summed E-state index contributed by atoms with van der Waals surface area (Å²) in [5.74, 6) is -0.721. The number of amides is 1. The number of sulfone groups is 1. The van der Waals surface area contributed by atoms with E-state index in [2.05, 4.69) is 17.6 Å². The molecule has 1 amide bonds. The lowest BCUT2D eigenvalue weighted by Gasteiger charge is -2.03. The van der Waals surface area contributed by atoms with E-state index in [1.54, 1.807) is 42.1 Å². The predicted molar refractivity (Wildman–Crippen MR) is 121 cm³/mol. The minimum Gasteiger partial charge on any atom is -0.313 e. The van der Waals surface area contributed by atoms with Crippen LogP contribution >= 0.6 is 23.1 Å². The summed E-state index contributed by atoms with van der Waals surface area (Å²) < 4.78 is 27.6. The van der Waals surface area contributed by atoms with Crippen LogP contribution in [0.4, 0.5) is 0 Å². The van der Waals surface area contributed by atoms with Crippen LogP contribution in [-0.2, 0) is 26.9 Å². The van der Waals surface area contributed by atoms with E-state index in [0.717, 1.165) is 20.7 Å². The van der Waals surface area contributed by atoms with Gasteiger partial charge in [-0.25, -0.2) is 8.42 Å². The first-order valence-corrected chi connectivity index (χ1v) is 12.9. The summed E-state index contributed by atoms with van der Waals surface area (Å²) in [4.78, 5) is 18.3. The number of carbonyl (C=O) groups is 1. The highest BCUT2D eigenvalue weighted by Crippen LogP contribution is 2.24. The zero-order chi connectivity index (χ0) is 20.9. The highest BCUT2D eigenvalue weighted by molar-refractivity contribution is 7.98. The number of carbonyl (C=O) groups excluding carboxylic acids is 1. The van der Waals surface area contributed by atoms with E-state index >= 15 is 0 Å². The van der Waals surface area contributed by atoms with Crippen molar-refractivity contribution in [2.75, 3.05) is 12.0 Å². The van der Waals surface area contributed by atoms with Gasteiger partial charge in [-0.3, -0.25) is 4.79 Å². The summed E-state index contributed by atoms with van der Waals surface area (Å²) >= 11 is 3.07. The van der Waals surface area contributed by atoms with Crippen molar-refractivity contribution in [3.05, 3.63) is 71.6 Å². The molecule has 1 heterocycles. The Labute approximate surface area is 178 Å². The molecule has 2 aromatic carbocycles. The minimum atomic E-state index is -3.38. The summed E-state index contributed by atoms with van der Waals surface area (Å²) in [7, 11) is -3.38. The van der Waals surface area contributed by atoms with Gasteiger partial charge in [-0.15, -0.1) is 18.3 Å². The number of benzene rings is 2. The molecule has 0 aliphatic heterocycles. The lowest BCUT2D eigenvalue weighted by atomic mass is 10.2. The van der Waals surface area contributed by atoms with Crippen molar-refractivity contribution in [2.24, 2.45) is 4.99 Å². The van der Waals surface area contributed by atoms with Gasteiger partial charge in [0, 0.05) is 17.9 Å². The number of allylic oxidation sites excluding steroid dienone is 1. The molecule has 0 N–H and O–H groups in total. The minimum absolute atomic E-state index is 0.0715. The Bertz CT molecular complexity index is 1190. The molecule has 0 aliphatic carbocycles. The largest absolute Gasteiger partial charge is 0.313 e. The number of rotatable bonds is 8. The Hall–Kier alpha value is -2.16. The molecule has 3 aromatic rings. The molecule has 152 valence electrons. The second-order valence-corrected chi connectivity index (χ2v) is 10.5. The highest BCUT2D eigenvalue weighted by Gasteiger charge is 2.15. The predicted octanol–water partition coefficient (Wildman–Crippen LogP) is 4.04. The van der Waals surface area contributed by atoms with Crippen molar-refractivity contribution in [2.45, 2.75) is 23.6 Å². The van der Waals surface area contributed by atoms with E-state index in [1.165, 1.54) is 11.3 Å². The number of fused-ring (bicyclic) bond motifs is 1. The second-order valence-electron chi connectivity index (χ2n) is 6.45. The summed E-state index contributed by atoms with van der Waals surface area (Å²) in [6.45, 7) is 4.30. The molecule has 0 saturated carbocycles. The fraction of sp³-hybridized carbons (Fsp3) is 0.238. The summed E-state index contributed by atoms with van der Waals surface area (Å²) in [6.07, 6.45) is 3.63. The van der Waals surface area contributed by atoms with Gasteiger partial charge in [0.2, 0.25) is 5.91 Å². The van der Waals surface area contributed by atoms with Crippen LogP contribution in [-0.4, -0.2) is 30.9 Å². The lowest BCUT2D eigenvalue weighted by molar-refractivity contribution is -0.117. The first kappa shape index (κ1) is 21.5. The van der Waals surface area contributed by atoms with Crippen molar-refractivity contribution in [3.63, 3.8) is 0 Å². The highest BCUT2D eigenvalue weighted by atomic mass is 32.2. The van der Waals surface area contributed by atoms with E-state index in [9.17, 15) is 13.2 Å². The second kappa shape index (κ2) is 9.56. The molecular formula is C21H22N2O3S3. The van der Waals surface area contributed by atoms with Gasteiger partial charge in [0.1, 0.15) is 0 Å². The molecule has 3 rings (SSSR count). The molecular weight excluding hydrogens is 424 g/mol. The Morgan fingerprint density at radius 1 is 1.24 bits per heavy atom. The normalized spacial score (nSPS) is 12.4. The molecule has 5 nitrogen and oxygen atoms in total. The molecule has 0 bridgehead atoms. The average Bonchev–Trinajstić information content (AvgIpc) is 3.03. The summed E-state index contributed by atoms with van der Waals surface area (Å²) in [5.41, 5.74) is 1.70. The van der Waals surface area contributed by atoms with Crippen LogP contribution < -0.4 is 4.80 Å². The van der Waals surface area contributed by atoms with Gasteiger partial charge in [0.05, 0.1) is 21.7 Å². The number of aromatic nitrogens is 1. The fourth-order valence-corrected chi connectivity index (χ4v) is 5.82. The third-order valence-electron chi connectivity index (χ3n) is 4.28. The maximum Gasteiger partial charge on any atom is 0.249 e. The van der Waals surface area contributed by atoms with Gasteiger partial charge in [0.15, 0.2) is 14.6 Å². The quantitative estimate of drug-likeness (QED) is 0.387. The Morgan fingerprint density at radius 3 is 2.69 bits per heavy atom. The number of thioether (sulfide) groups is 1. The van der Waals surface area contributed by atoms with E-state index in [-0.39, 0.29) is 17.9 Å². The monoisotopic (exact) mass is 446 g/mol. The van der Waals surface area contributed by atoms with Crippen LogP contribution in [0.3, 0.4) is 0 Å². The average molecular weight is 447 g/mol. The Kier molecular flexibility index (Phi) is 7.10. The molecule has 0 fully saturated rings. The molecule has 0 aliphatic rings. The van der Waals surface area contributed by atoms with Crippen LogP contribution in [0.25, 0.3) is 10.2 Å². The molecule has 8 heteroatoms. The van der Waals surface area contributed by atoms with Crippen LogP contribution in [0.1, 0.15) is 12.0 Å². The van der Waals surface area contributed by atoms with E-state index in [4.69, 9.17) is 0 Å². The molecule has 29 heavy (non-hydrogen) atoms. The van der Waals surface area contributed by atoms with Crippen LogP contribution in [0.2, 0.25) is 0 Å². The molecule has 0 atom stereocenters. The molecule has 0 radical (unpaired) electrons.